The molecule has 1 unspecified atom stereocenters. The van der Waals surface area contributed by atoms with Gasteiger partial charge in [0, 0.05) is 19.2 Å². The van der Waals surface area contributed by atoms with Crippen molar-refractivity contribution in [3.05, 3.63) is 12.2 Å². The molecule has 3 amide bonds. The van der Waals surface area contributed by atoms with Gasteiger partial charge in [-0.2, -0.15) is 0 Å². The van der Waals surface area contributed by atoms with Gasteiger partial charge in [0.1, 0.15) is 12.6 Å². The highest BCUT2D eigenvalue weighted by Crippen LogP contribution is 2.03. The lowest BCUT2D eigenvalue weighted by atomic mass is 10.3. The number of carbonyl (C=O) groups is 4. The van der Waals surface area contributed by atoms with E-state index in [0.717, 1.165) is 17.1 Å². The van der Waals surface area contributed by atoms with Crippen LogP contribution in [0.2, 0.25) is 0 Å². The van der Waals surface area contributed by atoms with Crippen molar-refractivity contribution in [1.29, 1.82) is 0 Å². The molecule has 1 aliphatic rings. The van der Waals surface area contributed by atoms with Crippen molar-refractivity contribution < 1.29 is 28.7 Å². The van der Waals surface area contributed by atoms with Crippen molar-refractivity contribution in [2.75, 3.05) is 20.8 Å². The molecule has 0 radical (unpaired) electrons. The first-order valence-electron chi connectivity index (χ1n) is 4.96. The predicted molar refractivity (Wildman–Crippen MR) is 57.2 cm³/mol. The fourth-order valence-corrected chi connectivity index (χ4v) is 1.17. The topological polar surface area (TPSA) is 102 Å². The Balaban J connectivity index is 2.40. The summed E-state index contributed by atoms with van der Waals surface area (Å²) < 4.78 is 8.96. The molecule has 0 aliphatic carbocycles. The zero-order chi connectivity index (χ0) is 13.7. The zero-order valence-corrected chi connectivity index (χ0v) is 9.84. The van der Waals surface area contributed by atoms with Crippen LogP contribution in [0.15, 0.2) is 12.2 Å². The lowest BCUT2D eigenvalue weighted by Crippen LogP contribution is -2.34. The smallest absolute Gasteiger partial charge is 0.331 e. The molecule has 8 nitrogen and oxygen atoms in total. The van der Waals surface area contributed by atoms with Gasteiger partial charge in [0.2, 0.25) is 0 Å². The van der Waals surface area contributed by atoms with Crippen LogP contribution in [0.1, 0.15) is 0 Å². The summed E-state index contributed by atoms with van der Waals surface area (Å²) in [7, 11) is 2.48. The van der Waals surface area contributed by atoms with Gasteiger partial charge in [-0.25, -0.2) is 14.4 Å². The number of methoxy groups -OCH3 is 1. The third-order valence-corrected chi connectivity index (χ3v) is 2.18. The summed E-state index contributed by atoms with van der Waals surface area (Å²) in [5.74, 6) is -1.99. The highest BCUT2D eigenvalue weighted by atomic mass is 16.5. The molecular formula is C10H12N2O6. The van der Waals surface area contributed by atoms with Gasteiger partial charge in [-0.1, -0.05) is 0 Å². The number of hydrogen-bond acceptors (Lipinski definition) is 6. The van der Waals surface area contributed by atoms with Crippen molar-refractivity contribution in [2.24, 2.45) is 0 Å². The number of urea groups is 1. The molecule has 98 valence electrons. The largest absolute Gasteiger partial charge is 0.466 e. The number of rotatable bonds is 4. The quantitative estimate of drug-likeness (QED) is 0.385. The van der Waals surface area contributed by atoms with Crippen LogP contribution >= 0.6 is 0 Å². The second kappa shape index (κ2) is 5.80. The Morgan fingerprint density at radius 3 is 2.44 bits per heavy atom. The molecule has 1 fully saturated rings. The van der Waals surface area contributed by atoms with Crippen LogP contribution in [-0.2, 0) is 23.9 Å². The molecule has 1 aliphatic heterocycles. The molecule has 0 aromatic carbocycles. The molecule has 0 bridgehead atoms. The highest BCUT2D eigenvalue weighted by molar-refractivity contribution is 6.04. The summed E-state index contributed by atoms with van der Waals surface area (Å²) in [6.45, 7) is -0.292. The van der Waals surface area contributed by atoms with Gasteiger partial charge in [0.15, 0.2) is 0 Å². The minimum Gasteiger partial charge on any atom is -0.466 e. The third kappa shape index (κ3) is 3.30. The molecular weight excluding hydrogens is 244 g/mol. The maximum Gasteiger partial charge on any atom is 0.331 e. The van der Waals surface area contributed by atoms with E-state index < -0.39 is 29.9 Å². The highest BCUT2D eigenvalue weighted by Gasteiger charge is 2.35. The summed E-state index contributed by atoms with van der Waals surface area (Å²) >= 11 is 0. The lowest BCUT2D eigenvalue weighted by molar-refractivity contribution is -0.141. The van der Waals surface area contributed by atoms with Gasteiger partial charge in [-0.3, -0.25) is 9.69 Å². The van der Waals surface area contributed by atoms with Crippen LogP contribution in [0.4, 0.5) is 4.79 Å². The summed E-state index contributed by atoms with van der Waals surface area (Å²) in [5, 5.41) is 2.33. The van der Waals surface area contributed by atoms with Gasteiger partial charge in [-0.15, -0.1) is 0 Å². The Bertz CT molecular complexity index is 417. The van der Waals surface area contributed by atoms with Crippen LogP contribution in [-0.4, -0.2) is 55.6 Å². The number of esters is 2. The van der Waals surface area contributed by atoms with Crippen LogP contribution < -0.4 is 5.32 Å². The van der Waals surface area contributed by atoms with Crippen molar-refractivity contribution in [1.82, 2.24) is 10.2 Å². The normalized spacial score (nSPS) is 19.0. The zero-order valence-electron chi connectivity index (χ0n) is 9.84. The van der Waals surface area contributed by atoms with E-state index in [2.05, 4.69) is 10.1 Å². The van der Waals surface area contributed by atoms with Crippen molar-refractivity contribution >= 4 is 23.9 Å². The monoisotopic (exact) mass is 256 g/mol. The standard InChI is InChI=1S/C10H12N2O6/c1-12-9(15)6(11-10(12)16)5-18-8(14)4-3-7(13)17-2/h3-4,6H,5H2,1-2H3,(H,11,16)/b4-3+. The first-order chi connectivity index (χ1) is 8.45. The van der Waals surface area contributed by atoms with E-state index in [-0.39, 0.29) is 6.61 Å². The second-order valence-electron chi connectivity index (χ2n) is 3.39. The van der Waals surface area contributed by atoms with Crippen LogP contribution in [0.3, 0.4) is 0 Å². The maximum atomic E-state index is 11.4. The molecule has 1 rings (SSSR count). The average Bonchev–Trinajstić information content (AvgIpc) is 2.60. The third-order valence-electron chi connectivity index (χ3n) is 2.18. The molecule has 0 aromatic heterocycles. The van der Waals surface area contributed by atoms with E-state index >= 15 is 0 Å². The van der Waals surface area contributed by atoms with Gasteiger partial charge < -0.3 is 14.8 Å². The van der Waals surface area contributed by atoms with Crippen LogP contribution in [0.25, 0.3) is 0 Å². The number of ether oxygens (including phenoxy) is 2. The molecule has 0 aromatic rings. The van der Waals surface area contributed by atoms with E-state index in [1.54, 1.807) is 0 Å². The average molecular weight is 256 g/mol. The summed E-state index contributed by atoms with van der Waals surface area (Å²) in [6.07, 6.45) is 1.76. The number of amides is 3. The number of hydrogen-bond donors (Lipinski definition) is 1. The van der Waals surface area contributed by atoms with E-state index in [1.807, 2.05) is 0 Å². The first kappa shape index (κ1) is 13.7. The predicted octanol–water partition coefficient (Wildman–Crippen LogP) is -1.19. The van der Waals surface area contributed by atoms with E-state index in [4.69, 9.17) is 4.74 Å². The molecule has 1 saturated heterocycles. The number of carbonyl (C=O) groups excluding carboxylic acids is 4. The Morgan fingerprint density at radius 2 is 1.94 bits per heavy atom. The van der Waals surface area contributed by atoms with Crippen molar-refractivity contribution in [2.45, 2.75) is 6.04 Å². The van der Waals surface area contributed by atoms with Crippen LogP contribution in [0, 0.1) is 0 Å². The summed E-state index contributed by atoms with van der Waals surface area (Å²) in [5.41, 5.74) is 0. The Morgan fingerprint density at radius 1 is 1.33 bits per heavy atom. The fraction of sp³-hybridized carbons (Fsp3) is 0.400. The summed E-state index contributed by atoms with van der Waals surface area (Å²) in [6, 6.07) is -1.44. The van der Waals surface area contributed by atoms with Crippen molar-refractivity contribution in [3.8, 4) is 0 Å². The Hall–Kier alpha value is -2.38. The SMILES string of the molecule is COC(=O)/C=C/C(=O)OCC1NC(=O)N(C)C1=O. The summed E-state index contributed by atoms with van der Waals surface area (Å²) in [4.78, 5) is 45.2. The van der Waals surface area contributed by atoms with Crippen LogP contribution in [0.5, 0.6) is 0 Å². The van der Waals surface area contributed by atoms with E-state index in [9.17, 15) is 19.2 Å². The first-order valence-corrected chi connectivity index (χ1v) is 4.96. The molecule has 1 atom stereocenters. The van der Waals surface area contributed by atoms with E-state index in [0.29, 0.717) is 0 Å². The number of likely N-dealkylation sites (N-methyl/N-ethyl adjacent to an activating group) is 1. The molecule has 1 heterocycles. The second-order valence-corrected chi connectivity index (χ2v) is 3.39. The number of imide groups is 1. The van der Waals surface area contributed by atoms with Crippen molar-refractivity contribution in [3.63, 3.8) is 0 Å². The minimum atomic E-state index is -0.891. The number of nitrogens with zero attached hydrogens (tertiary/aromatic N) is 1. The molecule has 1 N–H and O–H groups in total. The molecule has 0 spiro atoms. The number of nitrogens with one attached hydrogen (secondary N) is 1. The Labute approximate surface area is 103 Å². The van der Waals surface area contributed by atoms with E-state index in [1.165, 1.54) is 14.2 Å². The molecule has 8 heteroatoms. The van der Waals surface area contributed by atoms with Gasteiger partial charge in [0.25, 0.3) is 5.91 Å². The Kier molecular flexibility index (Phi) is 4.41. The van der Waals surface area contributed by atoms with Gasteiger partial charge >= 0.3 is 18.0 Å². The van der Waals surface area contributed by atoms with Gasteiger partial charge in [-0.05, 0) is 0 Å². The minimum absolute atomic E-state index is 0.292. The van der Waals surface area contributed by atoms with Gasteiger partial charge in [0.05, 0.1) is 7.11 Å². The maximum absolute atomic E-state index is 11.4. The molecule has 0 saturated carbocycles. The lowest BCUT2D eigenvalue weighted by Gasteiger charge is -2.07. The fourth-order valence-electron chi connectivity index (χ4n) is 1.17. The molecule has 18 heavy (non-hydrogen) atoms.